The molecule has 1 atom stereocenters. The number of nitrogens with one attached hydrogen (secondary N) is 3. The summed E-state index contributed by atoms with van der Waals surface area (Å²) >= 11 is 0. The fraction of sp³-hybridized carbons (Fsp3) is 0.300. The average molecular weight is 353 g/mol. The molecule has 0 spiro atoms. The molecule has 0 aliphatic carbocycles. The van der Waals surface area contributed by atoms with Crippen molar-refractivity contribution in [1.29, 1.82) is 0 Å². The molecule has 1 heterocycles. The maximum absolute atomic E-state index is 12.8. The summed E-state index contributed by atoms with van der Waals surface area (Å²) in [6.45, 7) is 4.31. The fourth-order valence-corrected chi connectivity index (χ4v) is 2.94. The third-order valence-corrected chi connectivity index (χ3v) is 4.10. The number of hydrogen-bond acceptors (Lipinski definition) is 3. The summed E-state index contributed by atoms with van der Waals surface area (Å²) in [5.41, 5.74) is 1.87. The second-order valence-electron chi connectivity index (χ2n) is 6.50. The molecule has 0 radical (unpaired) electrons. The van der Waals surface area contributed by atoms with Crippen LogP contribution in [0.25, 0.3) is 0 Å². The van der Waals surface area contributed by atoms with E-state index in [1.54, 1.807) is 24.3 Å². The lowest BCUT2D eigenvalue weighted by Crippen LogP contribution is -2.36. The molecule has 1 aliphatic heterocycles. The number of anilines is 1. The molecular formula is C20H23N3O3. The topological polar surface area (TPSA) is 79.5 Å². The van der Waals surface area contributed by atoms with Crippen molar-refractivity contribution >= 4 is 17.6 Å². The minimum absolute atomic E-state index is 0.00901. The summed E-state index contributed by atoms with van der Waals surface area (Å²) in [5, 5.41) is 8.55. The van der Waals surface area contributed by atoms with Crippen LogP contribution in [0.2, 0.25) is 0 Å². The Morgan fingerprint density at radius 1 is 1.08 bits per heavy atom. The lowest BCUT2D eigenvalue weighted by molar-refractivity contribution is 0.0925. The van der Waals surface area contributed by atoms with Crippen molar-refractivity contribution in [3.8, 4) is 5.75 Å². The predicted molar refractivity (Wildman–Crippen MR) is 100 cm³/mol. The second kappa shape index (κ2) is 7.91. The molecule has 2 aromatic carbocycles. The molecule has 2 aromatic rings. The molecule has 1 unspecified atom stereocenters. The molecular weight excluding hydrogens is 330 g/mol. The van der Waals surface area contributed by atoms with Crippen LogP contribution >= 0.6 is 0 Å². The number of hydrogen-bond donors (Lipinski definition) is 3. The first kappa shape index (κ1) is 17.8. The molecule has 6 heteroatoms. The molecule has 0 fully saturated rings. The summed E-state index contributed by atoms with van der Waals surface area (Å²) in [6, 6.07) is 14.2. The lowest BCUT2D eigenvalue weighted by Gasteiger charge is -2.27. The van der Waals surface area contributed by atoms with Gasteiger partial charge in [-0.3, -0.25) is 4.79 Å². The van der Waals surface area contributed by atoms with Gasteiger partial charge in [0.2, 0.25) is 0 Å². The van der Waals surface area contributed by atoms with Crippen molar-refractivity contribution in [2.24, 2.45) is 0 Å². The van der Waals surface area contributed by atoms with Gasteiger partial charge in [-0.2, -0.15) is 0 Å². The van der Waals surface area contributed by atoms with Crippen molar-refractivity contribution < 1.29 is 14.3 Å². The number of ether oxygens (including phenoxy) is 1. The molecule has 136 valence electrons. The number of benzene rings is 2. The minimum Gasteiger partial charge on any atom is -0.493 e. The summed E-state index contributed by atoms with van der Waals surface area (Å²) in [6.07, 6.45) is 0.701. The minimum atomic E-state index is -0.336. The van der Waals surface area contributed by atoms with Gasteiger partial charge in [-0.15, -0.1) is 0 Å². The van der Waals surface area contributed by atoms with Gasteiger partial charge in [0, 0.05) is 18.0 Å². The van der Waals surface area contributed by atoms with Crippen LogP contribution in [-0.2, 0) is 0 Å². The summed E-state index contributed by atoms with van der Waals surface area (Å²) in [7, 11) is 0. The zero-order valence-corrected chi connectivity index (χ0v) is 14.9. The normalized spacial score (nSPS) is 15.6. The molecule has 1 aliphatic rings. The highest BCUT2D eigenvalue weighted by Gasteiger charge is 2.24. The van der Waals surface area contributed by atoms with Crippen molar-refractivity contribution in [1.82, 2.24) is 10.6 Å². The number of carbonyl (C=O) groups excluding carboxylic acids is 2. The summed E-state index contributed by atoms with van der Waals surface area (Å²) in [5.74, 6) is 0.568. The van der Waals surface area contributed by atoms with E-state index in [1.165, 1.54) is 0 Å². The Morgan fingerprint density at radius 2 is 1.81 bits per heavy atom. The van der Waals surface area contributed by atoms with Gasteiger partial charge < -0.3 is 20.7 Å². The van der Waals surface area contributed by atoms with Crippen LogP contribution in [0.5, 0.6) is 5.75 Å². The Balaban J connectivity index is 1.76. The number of fused-ring (bicyclic) bond motifs is 1. The Labute approximate surface area is 152 Å². The zero-order valence-electron chi connectivity index (χ0n) is 14.9. The molecule has 3 rings (SSSR count). The van der Waals surface area contributed by atoms with Crippen LogP contribution < -0.4 is 20.7 Å². The van der Waals surface area contributed by atoms with Crippen molar-refractivity contribution in [2.75, 3.05) is 11.9 Å². The van der Waals surface area contributed by atoms with E-state index >= 15 is 0 Å². The molecule has 0 aromatic heterocycles. The standard InChI is InChI=1S/C20H23N3O3/c1-13(2)21-20(25)23-16-9-5-3-8-15(16)19(24)22-17-11-12-26-18-10-6-4-7-14(17)18/h3-10,13,17H,11-12H2,1-2H3,(H,22,24)(H2,21,23,25). The van der Waals surface area contributed by atoms with Gasteiger partial charge in [0.1, 0.15) is 5.75 Å². The van der Waals surface area contributed by atoms with Gasteiger partial charge in [-0.25, -0.2) is 4.79 Å². The largest absolute Gasteiger partial charge is 0.493 e. The molecule has 3 N–H and O–H groups in total. The monoisotopic (exact) mass is 353 g/mol. The van der Waals surface area contributed by atoms with Gasteiger partial charge in [-0.05, 0) is 32.0 Å². The summed E-state index contributed by atoms with van der Waals surface area (Å²) in [4.78, 5) is 24.8. The van der Waals surface area contributed by atoms with Crippen LogP contribution in [-0.4, -0.2) is 24.6 Å². The first-order valence-electron chi connectivity index (χ1n) is 8.73. The van der Waals surface area contributed by atoms with E-state index in [2.05, 4.69) is 16.0 Å². The Hall–Kier alpha value is -3.02. The number of rotatable bonds is 4. The maximum Gasteiger partial charge on any atom is 0.319 e. The van der Waals surface area contributed by atoms with Crippen LogP contribution in [0.4, 0.5) is 10.5 Å². The third kappa shape index (κ3) is 4.14. The van der Waals surface area contributed by atoms with Gasteiger partial charge in [0.25, 0.3) is 5.91 Å². The van der Waals surface area contributed by atoms with Crippen LogP contribution in [0.15, 0.2) is 48.5 Å². The molecule has 0 saturated heterocycles. The van der Waals surface area contributed by atoms with E-state index in [9.17, 15) is 9.59 Å². The third-order valence-electron chi connectivity index (χ3n) is 4.10. The Morgan fingerprint density at radius 3 is 2.62 bits per heavy atom. The van der Waals surface area contributed by atoms with E-state index in [1.807, 2.05) is 38.1 Å². The molecule has 6 nitrogen and oxygen atoms in total. The first-order chi connectivity index (χ1) is 12.5. The van der Waals surface area contributed by atoms with E-state index in [0.29, 0.717) is 24.3 Å². The highest BCUT2D eigenvalue weighted by atomic mass is 16.5. The number of urea groups is 1. The van der Waals surface area contributed by atoms with Gasteiger partial charge in [0.05, 0.1) is 23.9 Å². The van der Waals surface area contributed by atoms with Crippen LogP contribution in [0.3, 0.4) is 0 Å². The molecule has 3 amide bonds. The Bertz CT molecular complexity index is 804. The van der Waals surface area contributed by atoms with E-state index in [0.717, 1.165) is 11.3 Å². The smallest absolute Gasteiger partial charge is 0.319 e. The first-order valence-corrected chi connectivity index (χ1v) is 8.73. The van der Waals surface area contributed by atoms with Gasteiger partial charge >= 0.3 is 6.03 Å². The van der Waals surface area contributed by atoms with E-state index in [-0.39, 0.29) is 24.0 Å². The maximum atomic E-state index is 12.8. The highest BCUT2D eigenvalue weighted by Crippen LogP contribution is 2.32. The van der Waals surface area contributed by atoms with Crippen LogP contribution in [0.1, 0.15) is 42.2 Å². The number of carbonyl (C=O) groups is 2. The summed E-state index contributed by atoms with van der Waals surface area (Å²) < 4.78 is 5.64. The highest BCUT2D eigenvalue weighted by molar-refractivity contribution is 6.03. The quantitative estimate of drug-likeness (QED) is 0.787. The SMILES string of the molecule is CC(C)NC(=O)Nc1ccccc1C(=O)NC1CCOc2ccccc21. The predicted octanol–water partition coefficient (Wildman–Crippen LogP) is 3.47. The molecule has 26 heavy (non-hydrogen) atoms. The van der Waals surface area contributed by atoms with Crippen molar-refractivity contribution in [2.45, 2.75) is 32.4 Å². The van der Waals surface area contributed by atoms with Crippen LogP contribution in [0, 0.1) is 0 Å². The lowest BCUT2D eigenvalue weighted by atomic mass is 10.00. The average Bonchev–Trinajstić information content (AvgIpc) is 2.61. The van der Waals surface area contributed by atoms with Crippen molar-refractivity contribution in [3.05, 3.63) is 59.7 Å². The number of amides is 3. The second-order valence-corrected chi connectivity index (χ2v) is 6.50. The van der Waals surface area contributed by atoms with Gasteiger partial charge in [-0.1, -0.05) is 30.3 Å². The van der Waals surface area contributed by atoms with E-state index < -0.39 is 0 Å². The van der Waals surface area contributed by atoms with Gasteiger partial charge in [0.15, 0.2) is 0 Å². The zero-order chi connectivity index (χ0) is 18.5. The molecule has 0 saturated carbocycles. The molecule has 0 bridgehead atoms. The fourth-order valence-electron chi connectivity index (χ4n) is 2.94. The number of para-hydroxylation sites is 2. The Kier molecular flexibility index (Phi) is 5.41. The van der Waals surface area contributed by atoms with Crippen molar-refractivity contribution in [3.63, 3.8) is 0 Å². The van der Waals surface area contributed by atoms with E-state index in [4.69, 9.17) is 4.74 Å².